The number of hydrogen-bond donors (Lipinski definition) is 0. The highest BCUT2D eigenvalue weighted by atomic mass is 32.1. The zero-order valence-corrected chi connectivity index (χ0v) is 17.7. The largest absolute Gasteiger partial charge is 0.464 e. The second-order valence-corrected chi connectivity index (χ2v) is 8.32. The molecule has 0 aliphatic rings. The maximum absolute atomic E-state index is 13.1. The molecule has 0 bridgehead atoms. The molecule has 0 aliphatic carbocycles. The van der Waals surface area contributed by atoms with E-state index < -0.39 is 5.97 Å². The standard InChI is InChI=1S/C22H26N2O3S/c1-5-6-7-10-27-18(25)12-24-13-23-21-20(22(24)26)19(16(4)28-21)17-9-8-14(2)15(3)11-17/h8-9,11,13H,5-7,10,12H2,1-4H3. The highest BCUT2D eigenvalue weighted by Gasteiger charge is 2.18. The van der Waals surface area contributed by atoms with Crippen LogP contribution >= 0.6 is 11.3 Å². The molecule has 0 saturated heterocycles. The first-order chi connectivity index (χ1) is 13.4. The van der Waals surface area contributed by atoms with Crippen LogP contribution in [0.15, 0.2) is 29.3 Å². The summed E-state index contributed by atoms with van der Waals surface area (Å²) >= 11 is 1.50. The lowest BCUT2D eigenvalue weighted by atomic mass is 9.99. The Morgan fingerprint density at radius 2 is 1.96 bits per heavy atom. The summed E-state index contributed by atoms with van der Waals surface area (Å²) in [4.78, 5) is 31.4. The van der Waals surface area contributed by atoms with Crippen LogP contribution in [0.1, 0.15) is 42.2 Å². The second kappa shape index (κ2) is 8.69. The highest BCUT2D eigenvalue weighted by molar-refractivity contribution is 7.19. The molecule has 1 aromatic carbocycles. The molecule has 0 amide bonds. The van der Waals surface area contributed by atoms with Gasteiger partial charge in [-0.25, -0.2) is 4.98 Å². The number of fused-ring (bicyclic) bond motifs is 1. The number of ether oxygens (including phenoxy) is 1. The fourth-order valence-corrected chi connectivity index (χ4v) is 4.22. The van der Waals surface area contributed by atoms with Crippen molar-refractivity contribution in [2.75, 3.05) is 6.61 Å². The molecule has 0 saturated carbocycles. The first-order valence-electron chi connectivity index (χ1n) is 9.64. The molecular formula is C22H26N2O3S. The van der Waals surface area contributed by atoms with E-state index in [4.69, 9.17) is 4.74 Å². The number of rotatable bonds is 7. The molecule has 0 atom stereocenters. The van der Waals surface area contributed by atoms with Crippen LogP contribution in [0.4, 0.5) is 0 Å². The van der Waals surface area contributed by atoms with Crippen LogP contribution in [0, 0.1) is 20.8 Å². The number of carbonyl (C=O) groups excluding carboxylic acids is 1. The first kappa shape index (κ1) is 20.3. The third-order valence-corrected chi connectivity index (χ3v) is 5.97. The Labute approximate surface area is 169 Å². The van der Waals surface area contributed by atoms with E-state index in [0.29, 0.717) is 16.8 Å². The molecular weight excluding hydrogens is 372 g/mol. The van der Waals surface area contributed by atoms with Crippen LogP contribution in [0.2, 0.25) is 0 Å². The SMILES string of the molecule is CCCCCOC(=O)Cn1cnc2sc(C)c(-c3ccc(C)c(C)c3)c2c1=O. The third kappa shape index (κ3) is 4.17. The summed E-state index contributed by atoms with van der Waals surface area (Å²) in [6.07, 6.45) is 4.37. The number of unbranched alkanes of at least 4 members (excludes halogenated alkanes) is 2. The van der Waals surface area contributed by atoms with Gasteiger partial charge in [0.05, 0.1) is 18.3 Å². The quantitative estimate of drug-likeness (QED) is 0.424. The van der Waals surface area contributed by atoms with Crippen molar-refractivity contribution in [1.82, 2.24) is 9.55 Å². The van der Waals surface area contributed by atoms with Crippen LogP contribution in [0.5, 0.6) is 0 Å². The maximum atomic E-state index is 13.1. The first-order valence-corrected chi connectivity index (χ1v) is 10.5. The number of hydrogen-bond acceptors (Lipinski definition) is 5. The van der Waals surface area contributed by atoms with E-state index in [0.717, 1.165) is 35.3 Å². The lowest BCUT2D eigenvalue weighted by Gasteiger charge is -2.08. The molecule has 5 nitrogen and oxygen atoms in total. The summed E-state index contributed by atoms with van der Waals surface area (Å²) in [5.41, 5.74) is 4.10. The van der Waals surface area contributed by atoms with Crippen LogP contribution < -0.4 is 5.56 Å². The van der Waals surface area contributed by atoms with Crippen molar-refractivity contribution < 1.29 is 9.53 Å². The van der Waals surface area contributed by atoms with E-state index in [2.05, 4.69) is 37.9 Å². The van der Waals surface area contributed by atoms with E-state index >= 15 is 0 Å². The highest BCUT2D eigenvalue weighted by Crippen LogP contribution is 2.36. The monoisotopic (exact) mass is 398 g/mol. The Morgan fingerprint density at radius 1 is 1.18 bits per heavy atom. The predicted molar refractivity (Wildman–Crippen MR) is 114 cm³/mol. The van der Waals surface area contributed by atoms with Gasteiger partial charge >= 0.3 is 5.97 Å². The molecule has 0 N–H and O–H groups in total. The van der Waals surface area contributed by atoms with Crippen LogP contribution in [0.25, 0.3) is 21.3 Å². The number of aromatic nitrogens is 2. The van der Waals surface area contributed by atoms with Crippen LogP contribution in [0.3, 0.4) is 0 Å². The number of esters is 1. The Hall–Kier alpha value is -2.47. The van der Waals surface area contributed by atoms with E-state index in [9.17, 15) is 9.59 Å². The molecule has 0 aliphatic heterocycles. The Morgan fingerprint density at radius 3 is 2.68 bits per heavy atom. The van der Waals surface area contributed by atoms with Crippen LogP contribution in [-0.2, 0) is 16.1 Å². The predicted octanol–water partition coefficient (Wildman–Crippen LogP) is 4.78. The Bertz CT molecular complexity index is 1070. The minimum absolute atomic E-state index is 0.116. The third-order valence-electron chi connectivity index (χ3n) is 4.96. The minimum Gasteiger partial charge on any atom is -0.464 e. The van der Waals surface area contributed by atoms with Crippen molar-refractivity contribution in [2.45, 2.75) is 53.5 Å². The number of nitrogens with zero attached hydrogens (tertiary/aromatic N) is 2. The van der Waals surface area contributed by atoms with Gasteiger partial charge in [-0.15, -0.1) is 11.3 Å². The lowest BCUT2D eigenvalue weighted by molar-refractivity contribution is -0.144. The summed E-state index contributed by atoms with van der Waals surface area (Å²) in [5, 5.41) is 0.576. The molecule has 2 heterocycles. The zero-order chi connectivity index (χ0) is 20.3. The molecule has 0 radical (unpaired) electrons. The summed E-state index contributed by atoms with van der Waals surface area (Å²) in [6.45, 7) is 8.50. The molecule has 6 heteroatoms. The minimum atomic E-state index is -0.404. The number of benzene rings is 1. The van der Waals surface area contributed by atoms with Gasteiger partial charge in [-0.2, -0.15) is 0 Å². The van der Waals surface area contributed by atoms with Gasteiger partial charge in [-0.1, -0.05) is 38.0 Å². The second-order valence-electron chi connectivity index (χ2n) is 7.12. The topological polar surface area (TPSA) is 61.2 Å². The number of aryl methyl sites for hydroxylation is 3. The van der Waals surface area contributed by atoms with E-state index in [1.54, 1.807) is 0 Å². The molecule has 3 rings (SSSR count). The fraction of sp³-hybridized carbons (Fsp3) is 0.409. The molecule has 0 spiro atoms. The van der Waals surface area contributed by atoms with Crippen molar-refractivity contribution in [1.29, 1.82) is 0 Å². The van der Waals surface area contributed by atoms with Gasteiger partial charge in [-0.05, 0) is 43.9 Å². The molecule has 148 valence electrons. The van der Waals surface area contributed by atoms with Crippen LogP contribution in [-0.4, -0.2) is 22.1 Å². The normalized spacial score (nSPS) is 11.1. The van der Waals surface area contributed by atoms with Gasteiger partial charge in [0, 0.05) is 10.4 Å². The van der Waals surface area contributed by atoms with E-state index in [1.807, 2.05) is 13.0 Å². The Balaban J connectivity index is 1.95. The van der Waals surface area contributed by atoms with Crippen molar-refractivity contribution in [3.8, 4) is 11.1 Å². The number of carbonyl (C=O) groups is 1. The molecule has 0 fully saturated rings. The Kier molecular flexibility index (Phi) is 6.29. The van der Waals surface area contributed by atoms with Crippen molar-refractivity contribution in [3.63, 3.8) is 0 Å². The molecule has 28 heavy (non-hydrogen) atoms. The van der Waals surface area contributed by atoms with E-state index in [-0.39, 0.29) is 12.1 Å². The lowest BCUT2D eigenvalue weighted by Crippen LogP contribution is -2.25. The molecule has 0 unspecified atom stereocenters. The number of thiophene rings is 1. The summed E-state index contributed by atoms with van der Waals surface area (Å²) in [6, 6.07) is 6.20. The van der Waals surface area contributed by atoms with Gasteiger partial charge in [0.25, 0.3) is 5.56 Å². The average Bonchev–Trinajstić information content (AvgIpc) is 3.00. The van der Waals surface area contributed by atoms with Crippen molar-refractivity contribution in [2.24, 2.45) is 0 Å². The maximum Gasteiger partial charge on any atom is 0.326 e. The zero-order valence-electron chi connectivity index (χ0n) is 16.9. The fourth-order valence-electron chi connectivity index (χ4n) is 3.22. The summed E-state index contributed by atoms with van der Waals surface area (Å²) < 4.78 is 6.59. The van der Waals surface area contributed by atoms with Gasteiger partial charge in [0.15, 0.2) is 0 Å². The van der Waals surface area contributed by atoms with Gasteiger partial charge in [-0.3, -0.25) is 14.2 Å². The van der Waals surface area contributed by atoms with Gasteiger partial charge in [0.1, 0.15) is 11.4 Å². The van der Waals surface area contributed by atoms with E-state index in [1.165, 1.54) is 33.4 Å². The summed E-state index contributed by atoms with van der Waals surface area (Å²) in [7, 11) is 0. The summed E-state index contributed by atoms with van der Waals surface area (Å²) in [5.74, 6) is -0.404. The molecule has 2 aromatic heterocycles. The van der Waals surface area contributed by atoms with Crippen molar-refractivity contribution >= 4 is 27.5 Å². The van der Waals surface area contributed by atoms with Gasteiger partial charge in [0.2, 0.25) is 0 Å². The van der Waals surface area contributed by atoms with Crippen molar-refractivity contribution in [3.05, 3.63) is 50.9 Å². The average molecular weight is 399 g/mol. The molecule has 3 aromatic rings. The smallest absolute Gasteiger partial charge is 0.326 e. The van der Waals surface area contributed by atoms with Gasteiger partial charge < -0.3 is 4.74 Å².